The van der Waals surface area contributed by atoms with E-state index in [-0.39, 0.29) is 11.9 Å². The Bertz CT molecular complexity index is 538. The van der Waals surface area contributed by atoms with Crippen molar-refractivity contribution in [2.45, 2.75) is 51.1 Å². The summed E-state index contributed by atoms with van der Waals surface area (Å²) >= 11 is 0. The van der Waals surface area contributed by atoms with Crippen LogP contribution in [0.1, 0.15) is 44.1 Å². The van der Waals surface area contributed by atoms with E-state index < -0.39 is 0 Å². The molecule has 0 aliphatic heterocycles. The Kier molecular flexibility index (Phi) is 7.92. The summed E-state index contributed by atoms with van der Waals surface area (Å²) < 4.78 is 9.60. The van der Waals surface area contributed by atoms with Gasteiger partial charge in [0.15, 0.2) is 0 Å². The van der Waals surface area contributed by atoms with Crippen molar-refractivity contribution in [3.05, 3.63) is 35.9 Å². The van der Waals surface area contributed by atoms with Crippen molar-refractivity contribution >= 4 is 11.9 Å². The summed E-state index contributed by atoms with van der Waals surface area (Å²) in [4.78, 5) is 25.4. The highest BCUT2D eigenvalue weighted by atomic mass is 16.5. The molecule has 0 amide bonds. The third kappa shape index (κ3) is 6.50. The molecule has 1 aliphatic rings. The number of ether oxygens (including phenoxy) is 2. The second-order valence-electron chi connectivity index (χ2n) is 6.76. The summed E-state index contributed by atoms with van der Waals surface area (Å²) in [6, 6.07) is 10.6. The predicted octanol–water partition coefficient (Wildman–Crippen LogP) is 3.17. The fraction of sp³-hybridized carbons (Fsp3) is 0.600. The van der Waals surface area contributed by atoms with E-state index in [0.29, 0.717) is 24.9 Å². The summed E-state index contributed by atoms with van der Waals surface area (Å²) in [6.07, 6.45) is 5.68. The quantitative estimate of drug-likeness (QED) is 0.676. The highest BCUT2D eigenvalue weighted by Gasteiger charge is 2.27. The molecule has 0 saturated heterocycles. The van der Waals surface area contributed by atoms with Gasteiger partial charge in [-0.05, 0) is 43.6 Å². The van der Waals surface area contributed by atoms with Crippen molar-refractivity contribution in [3.63, 3.8) is 0 Å². The summed E-state index contributed by atoms with van der Waals surface area (Å²) in [6.45, 7) is 1.08. The van der Waals surface area contributed by atoms with Crippen LogP contribution in [0.4, 0.5) is 0 Å². The van der Waals surface area contributed by atoms with Crippen LogP contribution in [-0.4, -0.2) is 43.6 Å². The second-order valence-corrected chi connectivity index (χ2v) is 6.76. The van der Waals surface area contributed by atoms with E-state index >= 15 is 0 Å². The SMILES string of the molecule is COC(=O)CCC1CCC(N(CC(=O)OC)Cc2ccccc2)CC1. The van der Waals surface area contributed by atoms with Crippen LogP contribution in [0.3, 0.4) is 0 Å². The molecule has 2 rings (SSSR count). The van der Waals surface area contributed by atoms with Gasteiger partial charge in [-0.1, -0.05) is 30.3 Å². The summed E-state index contributed by atoms with van der Waals surface area (Å²) in [5.74, 6) is 0.259. The zero-order valence-electron chi connectivity index (χ0n) is 15.3. The molecule has 0 aromatic heterocycles. The molecular weight excluding hydrogens is 318 g/mol. The maximum atomic E-state index is 11.8. The van der Waals surface area contributed by atoms with E-state index in [1.165, 1.54) is 19.8 Å². The Balaban J connectivity index is 1.90. The van der Waals surface area contributed by atoms with E-state index in [1.807, 2.05) is 18.2 Å². The Morgan fingerprint density at radius 1 is 1.00 bits per heavy atom. The number of carbonyl (C=O) groups excluding carboxylic acids is 2. The molecule has 1 saturated carbocycles. The van der Waals surface area contributed by atoms with Crippen LogP contribution in [0.2, 0.25) is 0 Å². The van der Waals surface area contributed by atoms with Gasteiger partial charge in [-0.3, -0.25) is 14.5 Å². The predicted molar refractivity (Wildman–Crippen MR) is 95.9 cm³/mol. The Morgan fingerprint density at radius 2 is 1.64 bits per heavy atom. The standard InChI is InChI=1S/C20H29NO4/c1-24-19(22)13-10-16-8-11-18(12-9-16)21(15-20(23)25-2)14-17-6-4-3-5-7-17/h3-7,16,18H,8-15H2,1-2H3. The Labute approximate surface area is 150 Å². The van der Waals surface area contributed by atoms with E-state index in [9.17, 15) is 9.59 Å². The van der Waals surface area contributed by atoms with Gasteiger partial charge in [-0.15, -0.1) is 0 Å². The number of benzene rings is 1. The first-order chi connectivity index (χ1) is 12.1. The van der Waals surface area contributed by atoms with Crippen molar-refractivity contribution in [3.8, 4) is 0 Å². The van der Waals surface area contributed by atoms with Crippen LogP contribution in [0.15, 0.2) is 30.3 Å². The second kappa shape index (κ2) is 10.2. The molecule has 1 fully saturated rings. The highest BCUT2D eigenvalue weighted by molar-refractivity contribution is 5.71. The Morgan fingerprint density at radius 3 is 2.24 bits per heavy atom. The third-order valence-corrected chi connectivity index (χ3v) is 5.11. The number of rotatable bonds is 8. The maximum absolute atomic E-state index is 11.8. The number of hydrogen-bond donors (Lipinski definition) is 0. The van der Waals surface area contributed by atoms with Crippen LogP contribution in [-0.2, 0) is 25.6 Å². The Hall–Kier alpha value is -1.88. The van der Waals surface area contributed by atoms with Crippen molar-refractivity contribution < 1.29 is 19.1 Å². The van der Waals surface area contributed by atoms with Crippen molar-refractivity contribution in [1.82, 2.24) is 4.90 Å². The number of esters is 2. The number of carbonyl (C=O) groups is 2. The van der Waals surface area contributed by atoms with Crippen LogP contribution < -0.4 is 0 Å². The lowest BCUT2D eigenvalue weighted by molar-refractivity contribution is -0.143. The van der Waals surface area contributed by atoms with Gasteiger partial charge in [0.05, 0.1) is 20.8 Å². The smallest absolute Gasteiger partial charge is 0.319 e. The van der Waals surface area contributed by atoms with Gasteiger partial charge in [-0.2, -0.15) is 0 Å². The van der Waals surface area contributed by atoms with E-state index in [0.717, 1.165) is 38.6 Å². The molecule has 0 unspecified atom stereocenters. The molecule has 1 aliphatic carbocycles. The molecule has 0 atom stereocenters. The summed E-state index contributed by atoms with van der Waals surface area (Å²) in [5, 5.41) is 0. The van der Waals surface area contributed by atoms with Gasteiger partial charge in [0.1, 0.15) is 0 Å². The molecular formula is C20H29NO4. The molecule has 0 spiro atoms. The molecule has 5 heteroatoms. The number of nitrogens with zero attached hydrogens (tertiary/aromatic N) is 1. The third-order valence-electron chi connectivity index (χ3n) is 5.11. The van der Waals surface area contributed by atoms with Gasteiger partial charge in [0.2, 0.25) is 0 Å². The fourth-order valence-corrected chi connectivity index (χ4v) is 3.59. The largest absolute Gasteiger partial charge is 0.469 e. The molecule has 0 N–H and O–H groups in total. The first-order valence-corrected chi connectivity index (χ1v) is 9.04. The minimum absolute atomic E-state index is 0.126. The highest BCUT2D eigenvalue weighted by Crippen LogP contribution is 2.31. The first kappa shape index (κ1) is 19.4. The van der Waals surface area contributed by atoms with Crippen molar-refractivity contribution in [2.24, 2.45) is 5.92 Å². The number of methoxy groups -OCH3 is 2. The maximum Gasteiger partial charge on any atom is 0.319 e. The van der Waals surface area contributed by atoms with Gasteiger partial charge in [0, 0.05) is 19.0 Å². The topological polar surface area (TPSA) is 55.8 Å². The molecule has 0 bridgehead atoms. The van der Waals surface area contributed by atoms with E-state index in [2.05, 4.69) is 17.0 Å². The molecule has 5 nitrogen and oxygen atoms in total. The minimum atomic E-state index is -0.191. The van der Waals surface area contributed by atoms with E-state index in [1.54, 1.807) is 0 Å². The molecule has 1 aromatic rings. The first-order valence-electron chi connectivity index (χ1n) is 9.04. The molecule has 0 radical (unpaired) electrons. The summed E-state index contributed by atoms with van der Waals surface area (Å²) in [7, 11) is 2.88. The summed E-state index contributed by atoms with van der Waals surface area (Å²) in [5.41, 5.74) is 1.21. The van der Waals surface area contributed by atoms with Crippen molar-refractivity contribution in [1.29, 1.82) is 0 Å². The lowest BCUT2D eigenvalue weighted by atomic mass is 9.82. The van der Waals surface area contributed by atoms with E-state index in [4.69, 9.17) is 9.47 Å². The lowest BCUT2D eigenvalue weighted by Crippen LogP contribution is -2.41. The van der Waals surface area contributed by atoms with Crippen LogP contribution >= 0.6 is 0 Å². The van der Waals surface area contributed by atoms with Gasteiger partial charge in [-0.25, -0.2) is 0 Å². The zero-order chi connectivity index (χ0) is 18.1. The molecule has 25 heavy (non-hydrogen) atoms. The average molecular weight is 347 g/mol. The normalized spacial score (nSPS) is 20.3. The van der Waals surface area contributed by atoms with Crippen LogP contribution in [0.5, 0.6) is 0 Å². The minimum Gasteiger partial charge on any atom is -0.469 e. The lowest BCUT2D eigenvalue weighted by Gasteiger charge is -2.36. The van der Waals surface area contributed by atoms with Crippen LogP contribution in [0, 0.1) is 5.92 Å². The molecule has 0 heterocycles. The molecule has 138 valence electrons. The van der Waals surface area contributed by atoms with Gasteiger partial charge in [0.25, 0.3) is 0 Å². The fourth-order valence-electron chi connectivity index (χ4n) is 3.59. The van der Waals surface area contributed by atoms with Crippen LogP contribution in [0.25, 0.3) is 0 Å². The number of hydrogen-bond acceptors (Lipinski definition) is 5. The average Bonchev–Trinajstić information content (AvgIpc) is 2.66. The zero-order valence-corrected chi connectivity index (χ0v) is 15.3. The van der Waals surface area contributed by atoms with Gasteiger partial charge < -0.3 is 9.47 Å². The van der Waals surface area contributed by atoms with Gasteiger partial charge >= 0.3 is 11.9 Å². The van der Waals surface area contributed by atoms with Crippen molar-refractivity contribution in [2.75, 3.05) is 20.8 Å². The molecule has 1 aromatic carbocycles. The monoisotopic (exact) mass is 347 g/mol.